The maximum atomic E-state index is 4.49. The van der Waals surface area contributed by atoms with E-state index in [1.807, 2.05) is 12.4 Å². The average molecular weight is 369 g/mol. The van der Waals surface area contributed by atoms with E-state index in [2.05, 4.69) is 62.2 Å². The quantitative estimate of drug-likeness (QED) is 0.766. The molecular formula is C21H25ClN4. The second-order valence-electron chi connectivity index (χ2n) is 7.66. The summed E-state index contributed by atoms with van der Waals surface area (Å²) in [5.74, 6) is 0. The lowest BCUT2D eigenvalue weighted by molar-refractivity contribution is 0.268. The molecule has 1 spiro atoms. The van der Waals surface area contributed by atoms with Gasteiger partial charge in [-0.1, -0.05) is 24.3 Å². The molecule has 2 fully saturated rings. The number of likely N-dealkylation sites (tertiary alicyclic amines) is 1. The lowest BCUT2D eigenvalue weighted by atomic mass is 9.86. The zero-order valence-electron chi connectivity index (χ0n) is 14.9. The zero-order chi connectivity index (χ0) is 16.7. The Labute approximate surface area is 160 Å². The summed E-state index contributed by atoms with van der Waals surface area (Å²) < 4.78 is 2.16. The van der Waals surface area contributed by atoms with E-state index in [0.717, 1.165) is 17.6 Å². The van der Waals surface area contributed by atoms with Gasteiger partial charge in [-0.05, 0) is 61.2 Å². The zero-order valence-corrected chi connectivity index (χ0v) is 15.7. The van der Waals surface area contributed by atoms with E-state index in [4.69, 9.17) is 0 Å². The Bertz CT molecular complexity index is 880. The summed E-state index contributed by atoms with van der Waals surface area (Å²) in [6.45, 7) is 5.94. The van der Waals surface area contributed by atoms with Crippen LogP contribution in [-0.4, -0.2) is 40.6 Å². The molecule has 1 N–H and O–H groups in total. The standard InChI is InChI=1S/C21H24N4.ClH/c1-2-4-20-19(3-1)23-16-25(20)18-7-5-17(6-8-18)13-24-12-10-21(15-24)9-11-22-14-21;/h1-8,16,22H,9-15H2;1H. The van der Waals surface area contributed by atoms with Crippen LogP contribution in [0.3, 0.4) is 0 Å². The summed E-state index contributed by atoms with van der Waals surface area (Å²) in [6.07, 6.45) is 4.60. The molecule has 5 rings (SSSR count). The molecule has 0 aliphatic carbocycles. The molecular weight excluding hydrogens is 344 g/mol. The molecule has 0 radical (unpaired) electrons. The highest BCUT2D eigenvalue weighted by atomic mass is 35.5. The van der Waals surface area contributed by atoms with Crippen molar-refractivity contribution in [2.75, 3.05) is 26.2 Å². The molecule has 3 aromatic rings. The van der Waals surface area contributed by atoms with E-state index in [0.29, 0.717) is 5.41 Å². The summed E-state index contributed by atoms with van der Waals surface area (Å²) in [5.41, 5.74) is 5.33. The first-order valence-corrected chi connectivity index (χ1v) is 9.26. The molecule has 1 unspecified atom stereocenters. The van der Waals surface area contributed by atoms with E-state index in [9.17, 15) is 0 Å². The van der Waals surface area contributed by atoms with E-state index in [1.165, 1.54) is 50.3 Å². The molecule has 3 heterocycles. The Balaban J connectivity index is 0.00000168. The minimum atomic E-state index is 0. The number of hydrogen-bond acceptors (Lipinski definition) is 3. The summed E-state index contributed by atoms with van der Waals surface area (Å²) in [5, 5.41) is 3.54. The number of aromatic nitrogens is 2. The molecule has 0 saturated carbocycles. The molecule has 5 heteroatoms. The SMILES string of the molecule is Cl.c1ccc2c(c1)ncn2-c1ccc(CN2CCC3(CCNC3)C2)cc1. The van der Waals surface area contributed by atoms with Gasteiger partial charge in [0.25, 0.3) is 0 Å². The predicted octanol–water partition coefficient (Wildman–Crippen LogP) is 3.63. The van der Waals surface area contributed by atoms with Crippen LogP contribution >= 0.6 is 12.4 Å². The van der Waals surface area contributed by atoms with Crippen LogP contribution in [0, 0.1) is 5.41 Å². The topological polar surface area (TPSA) is 33.1 Å². The normalized spacial score (nSPS) is 22.9. The van der Waals surface area contributed by atoms with Gasteiger partial charge in [0.15, 0.2) is 0 Å². The highest BCUT2D eigenvalue weighted by molar-refractivity contribution is 5.85. The molecule has 1 aromatic heterocycles. The summed E-state index contributed by atoms with van der Waals surface area (Å²) in [4.78, 5) is 7.11. The molecule has 2 aromatic carbocycles. The minimum Gasteiger partial charge on any atom is -0.316 e. The highest BCUT2D eigenvalue weighted by Gasteiger charge is 2.39. The van der Waals surface area contributed by atoms with Crippen molar-refractivity contribution in [2.45, 2.75) is 19.4 Å². The fraction of sp³-hybridized carbons (Fsp3) is 0.381. The van der Waals surface area contributed by atoms with Gasteiger partial charge in [0, 0.05) is 25.3 Å². The van der Waals surface area contributed by atoms with Gasteiger partial charge < -0.3 is 5.32 Å². The van der Waals surface area contributed by atoms with Gasteiger partial charge in [0.1, 0.15) is 6.33 Å². The number of nitrogens with one attached hydrogen (secondary N) is 1. The number of nitrogens with zero attached hydrogens (tertiary/aromatic N) is 3. The van der Waals surface area contributed by atoms with Gasteiger partial charge in [-0.2, -0.15) is 0 Å². The molecule has 1 atom stereocenters. The number of fused-ring (bicyclic) bond motifs is 1. The van der Waals surface area contributed by atoms with Crippen molar-refractivity contribution in [2.24, 2.45) is 5.41 Å². The van der Waals surface area contributed by atoms with Crippen LogP contribution in [0.25, 0.3) is 16.7 Å². The van der Waals surface area contributed by atoms with Gasteiger partial charge >= 0.3 is 0 Å². The summed E-state index contributed by atoms with van der Waals surface area (Å²) >= 11 is 0. The van der Waals surface area contributed by atoms with Crippen LogP contribution in [0.15, 0.2) is 54.9 Å². The molecule has 26 heavy (non-hydrogen) atoms. The molecule has 2 aliphatic heterocycles. The Morgan fingerprint density at radius 1 is 1.04 bits per heavy atom. The van der Waals surface area contributed by atoms with Crippen LogP contribution in [0.1, 0.15) is 18.4 Å². The number of halogens is 1. The molecule has 0 bridgehead atoms. The number of hydrogen-bond donors (Lipinski definition) is 1. The highest BCUT2D eigenvalue weighted by Crippen LogP contribution is 2.36. The Kier molecular flexibility index (Phi) is 4.74. The number of para-hydroxylation sites is 2. The average Bonchev–Trinajstić information content (AvgIpc) is 3.37. The maximum Gasteiger partial charge on any atom is 0.100 e. The van der Waals surface area contributed by atoms with Crippen molar-refractivity contribution in [3.05, 3.63) is 60.4 Å². The third-order valence-electron chi connectivity index (χ3n) is 5.92. The monoisotopic (exact) mass is 368 g/mol. The first kappa shape index (κ1) is 17.5. The number of benzene rings is 2. The molecule has 136 valence electrons. The third kappa shape index (κ3) is 3.13. The van der Waals surface area contributed by atoms with E-state index in [-0.39, 0.29) is 12.4 Å². The Morgan fingerprint density at radius 3 is 2.69 bits per heavy atom. The molecule has 2 aliphatic rings. The first-order valence-electron chi connectivity index (χ1n) is 9.26. The molecule has 0 amide bonds. The van der Waals surface area contributed by atoms with Gasteiger partial charge in [-0.15, -0.1) is 12.4 Å². The maximum absolute atomic E-state index is 4.49. The van der Waals surface area contributed by atoms with Crippen molar-refractivity contribution in [3.63, 3.8) is 0 Å². The van der Waals surface area contributed by atoms with E-state index >= 15 is 0 Å². The second kappa shape index (κ2) is 7.03. The van der Waals surface area contributed by atoms with Gasteiger partial charge in [-0.25, -0.2) is 4.98 Å². The van der Waals surface area contributed by atoms with Gasteiger partial charge in [-0.3, -0.25) is 9.47 Å². The number of imidazole rings is 1. The second-order valence-corrected chi connectivity index (χ2v) is 7.66. The van der Waals surface area contributed by atoms with Crippen molar-refractivity contribution >= 4 is 23.4 Å². The Hall–Kier alpha value is -1.88. The van der Waals surface area contributed by atoms with Crippen LogP contribution in [-0.2, 0) is 6.54 Å². The molecule has 2 saturated heterocycles. The smallest absolute Gasteiger partial charge is 0.100 e. The lowest BCUT2D eigenvalue weighted by Gasteiger charge is -2.22. The minimum absolute atomic E-state index is 0. The van der Waals surface area contributed by atoms with Crippen molar-refractivity contribution in [1.82, 2.24) is 19.8 Å². The van der Waals surface area contributed by atoms with Crippen LogP contribution in [0.2, 0.25) is 0 Å². The van der Waals surface area contributed by atoms with Crippen LogP contribution < -0.4 is 5.32 Å². The van der Waals surface area contributed by atoms with E-state index < -0.39 is 0 Å². The fourth-order valence-electron chi connectivity index (χ4n) is 4.49. The summed E-state index contributed by atoms with van der Waals surface area (Å²) in [7, 11) is 0. The van der Waals surface area contributed by atoms with Crippen molar-refractivity contribution < 1.29 is 0 Å². The molecule has 4 nitrogen and oxygen atoms in total. The largest absolute Gasteiger partial charge is 0.316 e. The summed E-state index contributed by atoms with van der Waals surface area (Å²) in [6, 6.07) is 17.2. The van der Waals surface area contributed by atoms with Crippen molar-refractivity contribution in [3.8, 4) is 5.69 Å². The first-order chi connectivity index (χ1) is 12.3. The van der Waals surface area contributed by atoms with Crippen LogP contribution in [0.5, 0.6) is 0 Å². The third-order valence-corrected chi connectivity index (χ3v) is 5.92. The lowest BCUT2D eigenvalue weighted by Crippen LogP contribution is -2.28. The van der Waals surface area contributed by atoms with Gasteiger partial charge in [0.05, 0.1) is 11.0 Å². The fourth-order valence-corrected chi connectivity index (χ4v) is 4.49. The number of rotatable bonds is 3. The van der Waals surface area contributed by atoms with E-state index in [1.54, 1.807) is 0 Å². The Morgan fingerprint density at radius 2 is 1.88 bits per heavy atom. The van der Waals surface area contributed by atoms with Gasteiger partial charge in [0.2, 0.25) is 0 Å². The van der Waals surface area contributed by atoms with Crippen LogP contribution in [0.4, 0.5) is 0 Å². The predicted molar refractivity (Wildman–Crippen MR) is 108 cm³/mol. The van der Waals surface area contributed by atoms with Crippen molar-refractivity contribution in [1.29, 1.82) is 0 Å².